The molecule has 1 N–H and O–H groups in total. The minimum Gasteiger partial charge on any atom is -0.495 e. The van der Waals surface area contributed by atoms with Crippen LogP contribution >= 0.6 is 27.3 Å². The SMILES string of the molecule is COc1ccc(CN(C)C)cc1NC(=O)c1sccc1Br. The number of amides is 1. The smallest absolute Gasteiger partial charge is 0.266 e. The number of nitrogens with one attached hydrogen (secondary N) is 1. The van der Waals surface area contributed by atoms with E-state index in [1.807, 2.05) is 43.7 Å². The summed E-state index contributed by atoms with van der Waals surface area (Å²) in [5, 5.41) is 4.79. The molecule has 0 radical (unpaired) electrons. The van der Waals surface area contributed by atoms with Crippen LogP contribution in [0.1, 0.15) is 15.2 Å². The number of benzene rings is 1. The highest BCUT2D eigenvalue weighted by Gasteiger charge is 2.14. The van der Waals surface area contributed by atoms with Gasteiger partial charge in [0.2, 0.25) is 0 Å². The predicted molar refractivity (Wildman–Crippen MR) is 90.4 cm³/mol. The normalized spacial score (nSPS) is 10.7. The fourth-order valence-electron chi connectivity index (χ4n) is 1.95. The topological polar surface area (TPSA) is 41.6 Å². The molecule has 0 saturated heterocycles. The van der Waals surface area contributed by atoms with E-state index in [0.29, 0.717) is 16.3 Å². The van der Waals surface area contributed by atoms with Gasteiger partial charge in [-0.1, -0.05) is 6.07 Å². The van der Waals surface area contributed by atoms with E-state index in [0.717, 1.165) is 16.6 Å². The Kier molecular flexibility index (Phi) is 5.39. The Hall–Kier alpha value is -1.37. The van der Waals surface area contributed by atoms with Crippen LogP contribution in [0.2, 0.25) is 0 Å². The van der Waals surface area contributed by atoms with Crippen LogP contribution in [-0.2, 0) is 6.54 Å². The Morgan fingerprint density at radius 2 is 2.14 bits per heavy atom. The first kappa shape index (κ1) is 16.0. The molecule has 0 aliphatic carbocycles. The van der Waals surface area contributed by atoms with Gasteiger partial charge in [-0.2, -0.15) is 0 Å². The van der Waals surface area contributed by atoms with E-state index in [1.165, 1.54) is 11.3 Å². The number of methoxy groups -OCH3 is 1. The van der Waals surface area contributed by atoms with Crippen LogP contribution in [0.5, 0.6) is 5.75 Å². The fourth-order valence-corrected chi connectivity index (χ4v) is 3.40. The maximum atomic E-state index is 12.3. The summed E-state index contributed by atoms with van der Waals surface area (Å²) >= 11 is 4.77. The van der Waals surface area contributed by atoms with E-state index in [9.17, 15) is 4.79 Å². The lowest BCUT2D eigenvalue weighted by Gasteiger charge is -2.14. The van der Waals surface area contributed by atoms with Gasteiger partial charge < -0.3 is 15.0 Å². The van der Waals surface area contributed by atoms with E-state index >= 15 is 0 Å². The average molecular weight is 369 g/mol. The number of nitrogens with zero attached hydrogens (tertiary/aromatic N) is 1. The monoisotopic (exact) mass is 368 g/mol. The molecule has 0 aliphatic heterocycles. The molecular weight excluding hydrogens is 352 g/mol. The summed E-state index contributed by atoms with van der Waals surface area (Å²) in [4.78, 5) is 15.0. The molecule has 0 saturated carbocycles. The summed E-state index contributed by atoms with van der Waals surface area (Å²) in [5.41, 5.74) is 1.79. The highest BCUT2D eigenvalue weighted by molar-refractivity contribution is 9.10. The van der Waals surface area contributed by atoms with Gasteiger partial charge in [0.25, 0.3) is 5.91 Å². The summed E-state index contributed by atoms with van der Waals surface area (Å²) in [6, 6.07) is 7.67. The molecule has 0 aliphatic rings. The summed E-state index contributed by atoms with van der Waals surface area (Å²) in [5.74, 6) is 0.510. The first-order valence-electron chi connectivity index (χ1n) is 6.37. The lowest BCUT2D eigenvalue weighted by atomic mass is 10.1. The molecule has 2 rings (SSSR count). The Bertz CT molecular complexity index is 640. The van der Waals surface area contributed by atoms with Crippen LogP contribution < -0.4 is 10.1 Å². The van der Waals surface area contributed by atoms with Gasteiger partial charge in [-0.05, 0) is 59.2 Å². The zero-order valence-electron chi connectivity index (χ0n) is 12.1. The van der Waals surface area contributed by atoms with Gasteiger partial charge in [0.15, 0.2) is 0 Å². The Labute approximate surface area is 136 Å². The molecule has 112 valence electrons. The van der Waals surface area contributed by atoms with Crippen LogP contribution in [-0.4, -0.2) is 32.0 Å². The molecule has 0 unspecified atom stereocenters. The third-order valence-corrected chi connectivity index (χ3v) is 4.67. The minimum absolute atomic E-state index is 0.142. The third-order valence-electron chi connectivity index (χ3n) is 2.83. The van der Waals surface area contributed by atoms with Gasteiger partial charge in [-0.3, -0.25) is 4.79 Å². The van der Waals surface area contributed by atoms with Crippen molar-refractivity contribution in [2.45, 2.75) is 6.54 Å². The molecule has 2 aromatic rings. The standard InChI is InChI=1S/C15H17BrN2O2S/c1-18(2)9-10-4-5-13(20-3)12(8-10)17-15(19)14-11(16)6-7-21-14/h4-8H,9H2,1-3H3,(H,17,19). The highest BCUT2D eigenvalue weighted by atomic mass is 79.9. The number of hydrogen-bond acceptors (Lipinski definition) is 4. The van der Waals surface area contributed by atoms with Gasteiger partial charge >= 0.3 is 0 Å². The first-order chi connectivity index (χ1) is 10.0. The van der Waals surface area contributed by atoms with E-state index in [2.05, 4.69) is 26.1 Å². The molecule has 6 heteroatoms. The van der Waals surface area contributed by atoms with E-state index in [4.69, 9.17) is 4.74 Å². The van der Waals surface area contributed by atoms with Crippen molar-refractivity contribution in [3.8, 4) is 5.75 Å². The van der Waals surface area contributed by atoms with Gasteiger partial charge in [-0.15, -0.1) is 11.3 Å². The van der Waals surface area contributed by atoms with Crippen molar-refractivity contribution in [1.82, 2.24) is 4.90 Å². The van der Waals surface area contributed by atoms with Crippen LogP contribution in [0.3, 0.4) is 0 Å². The molecule has 0 fully saturated rings. The molecule has 0 spiro atoms. The largest absolute Gasteiger partial charge is 0.495 e. The van der Waals surface area contributed by atoms with E-state index in [-0.39, 0.29) is 5.91 Å². The van der Waals surface area contributed by atoms with Gasteiger partial charge in [-0.25, -0.2) is 0 Å². The van der Waals surface area contributed by atoms with Crippen LogP contribution in [0.25, 0.3) is 0 Å². The summed E-state index contributed by atoms with van der Waals surface area (Å²) in [6.45, 7) is 0.801. The number of carbonyl (C=O) groups excluding carboxylic acids is 1. The predicted octanol–water partition coefficient (Wildman–Crippen LogP) is 3.83. The molecule has 4 nitrogen and oxygen atoms in total. The number of hydrogen-bond donors (Lipinski definition) is 1. The second-order valence-corrected chi connectivity index (χ2v) is 6.59. The van der Waals surface area contributed by atoms with E-state index in [1.54, 1.807) is 7.11 Å². The Morgan fingerprint density at radius 3 is 2.71 bits per heavy atom. The minimum atomic E-state index is -0.142. The maximum absolute atomic E-state index is 12.3. The number of carbonyl (C=O) groups is 1. The zero-order valence-corrected chi connectivity index (χ0v) is 14.5. The van der Waals surface area contributed by atoms with Crippen LogP contribution in [0.4, 0.5) is 5.69 Å². The second kappa shape index (κ2) is 7.06. The lowest BCUT2D eigenvalue weighted by Crippen LogP contribution is -2.14. The fraction of sp³-hybridized carbons (Fsp3) is 0.267. The highest BCUT2D eigenvalue weighted by Crippen LogP contribution is 2.29. The van der Waals surface area contributed by atoms with Crippen LogP contribution in [0.15, 0.2) is 34.1 Å². The number of halogens is 1. The third kappa shape index (κ3) is 4.06. The number of anilines is 1. The molecule has 1 amide bonds. The molecule has 0 atom stereocenters. The summed E-state index contributed by atoms with van der Waals surface area (Å²) < 4.78 is 6.12. The molecule has 21 heavy (non-hydrogen) atoms. The van der Waals surface area contributed by atoms with E-state index < -0.39 is 0 Å². The number of rotatable bonds is 5. The second-order valence-electron chi connectivity index (χ2n) is 4.82. The van der Waals surface area contributed by atoms with Crippen molar-refractivity contribution in [2.24, 2.45) is 0 Å². The average Bonchev–Trinajstić information content (AvgIpc) is 2.84. The number of thiophene rings is 1. The van der Waals surface area contributed by atoms with Crippen molar-refractivity contribution in [3.05, 3.63) is 44.6 Å². The summed E-state index contributed by atoms with van der Waals surface area (Å²) in [6.07, 6.45) is 0. The van der Waals surface area contributed by atoms with Crippen LogP contribution in [0, 0.1) is 0 Å². The zero-order chi connectivity index (χ0) is 15.4. The van der Waals surface area contributed by atoms with Gasteiger partial charge in [0.05, 0.1) is 12.8 Å². The first-order valence-corrected chi connectivity index (χ1v) is 8.04. The number of ether oxygens (including phenoxy) is 1. The molecule has 1 aromatic carbocycles. The van der Waals surface area contributed by atoms with Gasteiger partial charge in [0.1, 0.15) is 10.6 Å². The van der Waals surface area contributed by atoms with Gasteiger partial charge in [0, 0.05) is 11.0 Å². The Morgan fingerprint density at radius 1 is 1.38 bits per heavy atom. The van der Waals surface area contributed by atoms with Crippen molar-refractivity contribution in [1.29, 1.82) is 0 Å². The van der Waals surface area contributed by atoms with Crippen molar-refractivity contribution >= 4 is 38.9 Å². The van der Waals surface area contributed by atoms with Crippen molar-refractivity contribution in [2.75, 3.05) is 26.5 Å². The van der Waals surface area contributed by atoms with Crippen molar-refractivity contribution < 1.29 is 9.53 Å². The summed E-state index contributed by atoms with van der Waals surface area (Å²) in [7, 11) is 5.61. The Balaban J connectivity index is 2.25. The molecule has 0 bridgehead atoms. The maximum Gasteiger partial charge on any atom is 0.266 e. The van der Waals surface area contributed by atoms with Crippen molar-refractivity contribution in [3.63, 3.8) is 0 Å². The molecule has 1 aromatic heterocycles. The lowest BCUT2D eigenvalue weighted by molar-refractivity contribution is 0.102. The molecular formula is C15H17BrN2O2S. The quantitative estimate of drug-likeness (QED) is 0.871. The molecule has 1 heterocycles.